The Morgan fingerprint density at radius 3 is 2.71 bits per heavy atom. The van der Waals surface area contributed by atoms with Gasteiger partial charge in [-0.25, -0.2) is 0 Å². The predicted octanol–water partition coefficient (Wildman–Crippen LogP) is 6.54. The third-order valence-electron chi connectivity index (χ3n) is 6.10. The molecule has 0 radical (unpaired) electrons. The van der Waals surface area contributed by atoms with Gasteiger partial charge in [-0.05, 0) is 44.4 Å². The summed E-state index contributed by atoms with van der Waals surface area (Å²) in [7, 11) is 0. The van der Waals surface area contributed by atoms with Crippen molar-refractivity contribution in [2.45, 2.75) is 57.5 Å². The Kier molecular flexibility index (Phi) is 3.12. The van der Waals surface area contributed by atoms with Gasteiger partial charge in [0.15, 0.2) is 4.90 Å². The highest BCUT2D eigenvalue weighted by Gasteiger charge is 2.51. The standard InChI is InChI=1S/C21H23NOS/c1-14-8-4-5-9-17(14)22-15(2)18-16-10-13-23-20(16)24-19(18)21(22)11-6-3-7-12-21/h4-5,8-10,13,15H,3,6-7,11-12H2,1-2H3. The molecule has 1 atom stereocenters. The summed E-state index contributed by atoms with van der Waals surface area (Å²) < 4.78 is 5.76. The van der Waals surface area contributed by atoms with E-state index in [1.165, 1.54) is 54.3 Å². The van der Waals surface area contributed by atoms with Gasteiger partial charge in [0.25, 0.3) is 0 Å². The normalized spacial score (nSPS) is 22.4. The van der Waals surface area contributed by atoms with Crippen LogP contribution in [0.5, 0.6) is 0 Å². The van der Waals surface area contributed by atoms with Crippen molar-refractivity contribution < 1.29 is 4.42 Å². The minimum atomic E-state index is 0.172. The molecule has 1 aliphatic carbocycles. The van der Waals surface area contributed by atoms with Gasteiger partial charge in [-0.3, -0.25) is 0 Å². The van der Waals surface area contributed by atoms with Crippen LogP contribution in [0.4, 0.5) is 5.69 Å². The van der Waals surface area contributed by atoms with Gasteiger partial charge in [-0.15, -0.1) is 11.3 Å². The van der Waals surface area contributed by atoms with Gasteiger partial charge in [-0.2, -0.15) is 0 Å². The molecule has 3 heteroatoms. The van der Waals surface area contributed by atoms with Gasteiger partial charge in [0.1, 0.15) is 0 Å². The zero-order chi connectivity index (χ0) is 16.3. The van der Waals surface area contributed by atoms with E-state index in [-0.39, 0.29) is 5.54 Å². The second kappa shape index (κ2) is 5.13. The van der Waals surface area contributed by atoms with Crippen LogP contribution in [0.25, 0.3) is 10.3 Å². The Hall–Kier alpha value is -1.74. The average Bonchev–Trinajstić information content (AvgIpc) is 3.23. The van der Waals surface area contributed by atoms with Crippen LogP contribution >= 0.6 is 11.3 Å². The number of aryl methyl sites for hydroxylation is 1. The summed E-state index contributed by atoms with van der Waals surface area (Å²) in [6.07, 6.45) is 8.40. The smallest absolute Gasteiger partial charge is 0.188 e. The van der Waals surface area contributed by atoms with Crippen LogP contribution in [0.2, 0.25) is 0 Å². The topological polar surface area (TPSA) is 16.4 Å². The molecule has 1 spiro atoms. The Morgan fingerprint density at radius 1 is 1.12 bits per heavy atom. The van der Waals surface area contributed by atoms with Crippen LogP contribution in [-0.4, -0.2) is 0 Å². The lowest BCUT2D eigenvalue weighted by Gasteiger charge is -2.45. The number of anilines is 1. The van der Waals surface area contributed by atoms with Gasteiger partial charge in [0.05, 0.1) is 17.8 Å². The molecule has 2 aliphatic rings. The first-order valence-corrected chi connectivity index (χ1v) is 9.89. The molecule has 0 N–H and O–H groups in total. The number of nitrogens with zero attached hydrogens (tertiary/aromatic N) is 1. The first-order chi connectivity index (χ1) is 11.7. The maximum atomic E-state index is 5.76. The minimum absolute atomic E-state index is 0.172. The first kappa shape index (κ1) is 14.6. The van der Waals surface area contributed by atoms with Crippen molar-refractivity contribution in [3.05, 3.63) is 52.6 Å². The molecule has 1 aromatic carbocycles. The summed E-state index contributed by atoms with van der Waals surface area (Å²) in [5, 5.41) is 1.34. The molecule has 24 heavy (non-hydrogen) atoms. The number of fused-ring (bicyclic) bond motifs is 4. The summed E-state index contributed by atoms with van der Waals surface area (Å²) >= 11 is 1.90. The fraction of sp³-hybridized carbons (Fsp3) is 0.429. The monoisotopic (exact) mass is 337 g/mol. The lowest BCUT2D eigenvalue weighted by atomic mass is 9.80. The second-order valence-electron chi connectivity index (χ2n) is 7.39. The van der Waals surface area contributed by atoms with E-state index in [1.54, 1.807) is 4.88 Å². The van der Waals surface area contributed by atoms with Crippen molar-refractivity contribution in [3.63, 3.8) is 0 Å². The predicted molar refractivity (Wildman–Crippen MR) is 101 cm³/mol. The van der Waals surface area contributed by atoms with Crippen LogP contribution in [0.3, 0.4) is 0 Å². The lowest BCUT2D eigenvalue weighted by molar-refractivity contribution is 0.288. The number of hydrogen-bond acceptors (Lipinski definition) is 3. The van der Waals surface area contributed by atoms with E-state index in [9.17, 15) is 0 Å². The van der Waals surface area contributed by atoms with Gasteiger partial charge in [-0.1, -0.05) is 37.5 Å². The highest BCUT2D eigenvalue weighted by Crippen LogP contribution is 2.59. The second-order valence-corrected chi connectivity index (χ2v) is 8.37. The number of hydrogen-bond donors (Lipinski definition) is 0. The highest BCUT2D eigenvalue weighted by molar-refractivity contribution is 7.18. The zero-order valence-electron chi connectivity index (χ0n) is 14.3. The van der Waals surface area contributed by atoms with Crippen LogP contribution in [0.15, 0.2) is 41.0 Å². The molecule has 1 unspecified atom stereocenters. The molecule has 1 fully saturated rings. The van der Waals surface area contributed by atoms with Gasteiger partial charge < -0.3 is 9.32 Å². The van der Waals surface area contributed by atoms with Gasteiger partial charge in [0, 0.05) is 21.5 Å². The fourth-order valence-corrected chi connectivity index (χ4v) is 6.55. The quantitative estimate of drug-likeness (QED) is 0.501. The van der Waals surface area contributed by atoms with Crippen molar-refractivity contribution in [1.29, 1.82) is 0 Å². The molecule has 1 aliphatic heterocycles. The molecule has 5 rings (SSSR count). The molecule has 0 bridgehead atoms. The minimum Gasteiger partial charge on any atom is -0.454 e. The maximum absolute atomic E-state index is 5.76. The first-order valence-electron chi connectivity index (χ1n) is 9.08. The molecule has 3 aromatic rings. The van der Waals surface area contributed by atoms with Crippen molar-refractivity contribution in [3.8, 4) is 0 Å². The van der Waals surface area contributed by atoms with Crippen molar-refractivity contribution >= 4 is 27.3 Å². The summed E-state index contributed by atoms with van der Waals surface area (Å²) in [6, 6.07) is 11.5. The number of furan rings is 1. The zero-order valence-corrected chi connectivity index (χ0v) is 15.2. The van der Waals surface area contributed by atoms with E-state index in [0.29, 0.717) is 6.04 Å². The Balaban J connectivity index is 1.77. The van der Waals surface area contributed by atoms with Crippen molar-refractivity contribution in [2.75, 3.05) is 4.90 Å². The van der Waals surface area contributed by atoms with Crippen LogP contribution < -0.4 is 4.90 Å². The maximum Gasteiger partial charge on any atom is 0.188 e. The van der Waals surface area contributed by atoms with E-state index in [4.69, 9.17) is 4.42 Å². The molecule has 3 heterocycles. The Labute approximate surface area is 147 Å². The Bertz CT molecular complexity index is 900. The third-order valence-corrected chi connectivity index (χ3v) is 7.41. The summed E-state index contributed by atoms with van der Waals surface area (Å²) in [5.74, 6) is 0. The molecule has 2 nitrogen and oxygen atoms in total. The highest BCUT2D eigenvalue weighted by atomic mass is 32.1. The van der Waals surface area contributed by atoms with E-state index in [2.05, 4.69) is 49.1 Å². The summed E-state index contributed by atoms with van der Waals surface area (Å²) in [5.41, 5.74) is 4.49. The van der Waals surface area contributed by atoms with Gasteiger partial charge >= 0.3 is 0 Å². The SMILES string of the molecule is Cc1ccccc1N1C(C)c2c(sc3occc23)C12CCCCC2. The molecular weight excluding hydrogens is 314 g/mol. The molecule has 124 valence electrons. The number of thiophene rings is 1. The molecule has 0 saturated heterocycles. The molecule has 2 aromatic heterocycles. The average molecular weight is 337 g/mol. The summed E-state index contributed by atoms with van der Waals surface area (Å²) in [6.45, 7) is 4.63. The van der Waals surface area contributed by atoms with E-state index in [1.807, 2.05) is 17.6 Å². The Morgan fingerprint density at radius 2 is 1.92 bits per heavy atom. The molecule has 1 saturated carbocycles. The van der Waals surface area contributed by atoms with Crippen LogP contribution in [0, 0.1) is 6.92 Å². The molecular formula is C21H23NOS. The van der Waals surface area contributed by atoms with E-state index in [0.717, 1.165) is 4.90 Å². The summed E-state index contributed by atoms with van der Waals surface area (Å²) in [4.78, 5) is 5.43. The van der Waals surface area contributed by atoms with Gasteiger partial charge in [0.2, 0.25) is 0 Å². The number of para-hydroxylation sites is 1. The number of benzene rings is 1. The van der Waals surface area contributed by atoms with E-state index >= 15 is 0 Å². The lowest BCUT2D eigenvalue weighted by Crippen LogP contribution is -2.44. The molecule has 0 amide bonds. The van der Waals surface area contributed by atoms with Crippen molar-refractivity contribution in [2.24, 2.45) is 0 Å². The third kappa shape index (κ3) is 1.76. The van der Waals surface area contributed by atoms with Crippen molar-refractivity contribution in [1.82, 2.24) is 0 Å². The fourth-order valence-electron chi connectivity index (χ4n) is 5.09. The van der Waals surface area contributed by atoms with E-state index < -0.39 is 0 Å². The van der Waals surface area contributed by atoms with Crippen LogP contribution in [-0.2, 0) is 5.54 Å². The number of rotatable bonds is 1. The van der Waals surface area contributed by atoms with Crippen LogP contribution in [0.1, 0.15) is 61.1 Å². The largest absolute Gasteiger partial charge is 0.454 e.